The molecule has 1 heterocycles. The highest BCUT2D eigenvalue weighted by Gasteiger charge is 1.97. The summed E-state index contributed by atoms with van der Waals surface area (Å²) in [5.41, 5.74) is 0.850. The number of hydrogen-bond acceptors (Lipinski definition) is 2. The van der Waals surface area contributed by atoms with E-state index in [1.807, 2.05) is 24.3 Å². The molecule has 0 atom stereocenters. The molecule has 0 amide bonds. The van der Waals surface area contributed by atoms with Crippen LogP contribution < -0.4 is 0 Å². The van der Waals surface area contributed by atoms with Crippen molar-refractivity contribution in [3.05, 3.63) is 30.5 Å². The highest BCUT2D eigenvalue weighted by Crippen LogP contribution is 2.10. The third-order valence-electron chi connectivity index (χ3n) is 1.60. The standard InChI is InChI=1S/C8H6N2O/c11-6-10-8-4-2-1-3-7(8)5-9-10/h1-6H. The van der Waals surface area contributed by atoms with Gasteiger partial charge in [0.25, 0.3) is 0 Å². The highest BCUT2D eigenvalue weighted by atomic mass is 16.1. The van der Waals surface area contributed by atoms with Crippen molar-refractivity contribution in [2.75, 3.05) is 0 Å². The molecule has 0 fully saturated rings. The Kier molecular flexibility index (Phi) is 1.22. The second-order valence-electron chi connectivity index (χ2n) is 2.25. The average molecular weight is 146 g/mol. The Bertz CT molecular complexity index is 392. The van der Waals surface area contributed by atoms with Crippen LogP contribution in [0.25, 0.3) is 10.9 Å². The highest BCUT2D eigenvalue weighted by molar-refractivity contribution is 5.83. The van der Waals surface area contributed by atoms with E-state index >= 15 is 0 Å². The zero-order valence-electron chi connectivity index (χ0n) is 5.77. The maximum Gasteiger partial charge on any atom is 0.234 e. The summed E-state index contributed by atoms with van der Waals surface area (Å²) in [6, 6.07) is 7.57. The van der Waals surface area contributed by atoms with Crippen LogP contribution >= 0.6 is 0 Å². The molecule has 0 aliphatic carbocycles. The summed E-state index contributed by atoms with van der Waals surface area (Å²) in [6.45, 7) is 0. The molecule has 2 aromatic rings. The van der Waals surface area contributed by atoms with Crippen molar-refractivity contribution in [2.45, 2.75) is 0 Å². The Morgan fingerprint density at radius 1 is 1.36 bits per heavy atom. The molecule has 0 radical (unpaired) electrons. The van der Waals surface area contributed by atoms with Crippen LogP contribution in [0.1, 0.15) is 0 Å². The van der Waals surface area contributed by atoms with Gasteiger partial charge in [0.2, 0.25) is 6.41 Å². The fourth-order valence-corrected chi connectivity index (χ4v) is 1.08. The Morgan fingerprint density at radius 2 is 2.18 bits per heavy atom. The van der Waals surface area contributed by atoms with E-state index in [-0.39, 0.29) is 0 Å². The third-order valence-corrected chi connectivity index (χ3v) is 1.60. The number of aromatic nitrogens is 2. The predicted molar refractivity (Wildman–Crippen MR) is 41.9 cm³/mol. The van der Waals surface area contributed by atoms with E-state index in [9.17, 15) is 4.79 Å². The first-order valence-electron chi connectivity index (χ1n) is 3.29. The van der Waals surface area contributed by atoms with Crippen molar-refractivity contribution in [3.63, 3.8) is 0 Å². The second kappa shape index (κ2) is 2.20. The second-order valence-corrected chi connectivity index (χ2v) is 2.25. The molecular formula is C8H6N2O. The van der Waals surface area contributed by atoms with E-state index in [1.54, 1.807) is 6.20 Å². The minimum absolute atomic E-state index is 0.697. The number of rotatable bonds is 1. The summed E-state index contributed by atoms with van der Waals surface area (Å²) >= 11 is 0. The van der Waals surface area contributed by atoms with E-state index in [0.29, 0.717) is 6.41 Å². The van der Waals surface area contributed by atoms with E-state index < -0.39 is 0 Å². The first-order chi connectivity index (χ1) is 5.42. The monoisotopic (exact) mass is 146 g/mol. The maximum absolute atomic E-state index is 10.4. The molecule has 0 N–H and O–H groups in total. The van der Waals surface area contributed by atoms with Crippen molar-refractivity contribution in [1.29, 1.82) is 0 Å². The topological polar surface area (TPSA) is 34.9 Å². The van der Waals surface area contributed by atoms with Crippen LogP contribution in [-0.2, 0) is 4.79 Å². The van der Waals surface area contributed by atoms with Crippen LogP contribution in [0.4, 0.5) is 0 Å². The van der Waals surface area contributed by atoms with Crippen LogP contribution in [0.3, 0.4) is 0 Å². The summed E-state index contributed by atoms with van der Waals surface area (Å²) in [6.07, 6.45) is 2.37. The average Bonchev–Trinajstić information content (AvgIpc) is 2.47. The zero-order valence-corrected chi connectivity index (χ0v) is 5.77. The van der Waals surface area contributed by atoms with Gasteiger partial charge in [-0.3, -0.25) is 4.79 Å². The van der Waals surface area contributed by atoms with Crippen molar-refractivity contribution in [1.82, 2.24) is 9.78 Å². The number of fused-ring (bicyclic) bond motifs is 1. The van der Waals surface area contributed by atoms with Gasteiger partial charge in [-0.15, -0.1) is 0 Å². The number of nitrogens with zero attached hydrogens (tertiary/aromatic N) is 2. The molecule has 0 aliphatic rings. The molecule has 0 bridgehead atoms. The molecule has 0 saturated heterocycles. The summed E-state index contributed by atoms with van der Waals surface area (Å²) in [5.74, 6) is 0. The van der Waals surface area contributed by atoms with Crippen LogP contribution in [0.2, 0.25) is 0 Å². The maximum atomic E-state index is 10.4. The largest absolute Gasteiger partial charge is 0.276 e. The first kappa shape index (κ1) is 6.09. The lowest BCUT2D eigenvalue weighted by Crippen LogP contribution is -1.94. The molecule has 3 heteroatoms. The van der Waals surface area contributed by atoms with Gasteiger partial charge in [0.05, 0.1) is 11.7 Å². The van der Waals surface area contributed by atoms with Gasteiger partial charge in [-0.25, -0.2) is 4.68 Å². The van der Waals surface area contributed by atoms with Gasteiger partial charge in [-0.2, -0.15) is 5.10 Å². The summed E-state index contributed by atoms with van der Waals surface area (Å²) in [7, 11) is 0. The molecule has 0 aliphatic heterocycles. The molecule has 1 aromatic heterocycles. The number of carbonyl (C=O) groups is 1. The molecule has 2 rings (SSSR count). The summed E-state index contributed by atoms with van der Waals surface area (Å²) in [4.78, 5) is 10.4. The number of benzene rings is 1. The molecule has 11 heavy (non-hydrogen) atoms. The van der Waals surface area contributed by atoms with Crippen molar-refractivity contribution >= 4 is 17.3 Å². The first-order valence-corrected chi connectivity index (χ1v) is 3.29. The smallest absolute Gasteiger partial charge is 0.234 e. The fraction of sp³-hybridized carbons (Fsp3) is 0. The molecule has 0 saturated carbocycles. The normalized spacial score (nSPS) is 10.2. The minimum Gasteiger partial charge on any atom is -0.276 e. The van der Waals surface area contributed by atoms with E-state index in [0.717, 1.165) is 10.9 Å². The number of carbonyl (C=O) groups excluding carboxylic acids is 1. The van der Waals surface area contributed by atoms with Crippen LogP contribution in [0.5, 0.6) is 0 Å². The van der Waals surface area contributed by atoms with Crippen molar-refractivity contribution in [3.8, 4) is 0 Å². The Hall–Kier alpha value is -1.64. The van der Waals surface area contributed by atoms with Gasteiger partial charge in [-0.05, 0) is 6.07 Å². The lowest BCUT2D eigenvalue weighted by molar-refractivity contribution is 0.542. The molecule has 54 valence electrons. The molecule has 0 spiro atoms. The Labute approximate surface area is 63.2 Å². The van der Waals surface area contributed by atoms with E-state index in [4.69, 9.17) is 0 Å². The molecule has 1 aromatic carbocycles. The number of hydrogen-bond donors (Lipinski definition) is 0. The van der Waals surface area contributed by atoms with Gasteiger partial charge in [0.15, 0.2) is 0 Å². The van der Waals surface area contributed by atoms with Gasteiger partial charge >= 0.3 is 0 Å². The van der Waals surface area contributed by atoms with Gasteiger partial charge < -0.3 is 0 Å². The molecular weight excluding hydrogens is 140 g/mol. The van der Waals surface area contributed by atoms with E-state index in [2.05, 4.69) is 5.10 Å². The van der Waals surface area contributed by atoms with E-state index in [1.165, 1.54) is 4.68 Å². The lowest BCUT2D eigenvalue weighted by Gasteiger charge is -1.88. The van der Waals surface area contributed by atoms with Gasteiger partial charge in [-0.1, -0.05) is 18.2 Å². The predicted octanol–water partition coefficient (Wildman–Crippen LogP) is 1.07. The summed E-state index contributed by atoms with van der Waals surface area (Å²) in [5, 5.41) is 4.85. The molecule has 3 nitrogen and oxygen atoms in total. The SMILES string of the molecule is O=Cn1ncc2ccccc21. The van der Waals surface area contributed by atoms with Gasteiger partial charge in [0.1, 0.15) is 0 Å². The van der Waals surface area contributed by atoms with Crippen molar-refractivity contribution < 1.29 is 4.79 Å². The third kappa shape index (κ3) is 0.816. The quantitative estimate of drug-likeness (QED) is 0.564. The fourth-order valence-electron chi connectivity index (χ4n) is 1.08. The zero-order chi connectivity index (χ0) is 7.68. The van der Waals surface area contributed by atoms with Gasteiger partial charge in [0, 0.05) is 5.39 Å². The van der Waals surface area contributed by atoms with Crippen LogP contribution in [0.15, 0.2) is 30.5 Å². The summed E-state index contributed by atoms with van der Waals surface area (Å²) < 4.78 is 1.31. The minimum atomic E-state index is 0.697. The Morgan fingerprint density at radius 3 is 3.00 bits per heavy atom. The van der Waals surface area contributed by atoms with Crippen molar-refractivity contribution in [2.24, 2.45) is 0 Å². The Balaban J connectivity index is 2.86. The number of para-hydroxylation sites is 1. The van der Waals surface area contributed by atoms with Crippen LogP contribution in [0, 0.1) is 0 Å². The lowest BCUT2D eigenvalue weighted by atomic mass is 10.3. The van der Waals surface area contributed by atoms with Crippen LogP contribution in [-0.4, -0.2) is 16.2 Å². The molecule has 0 unspecified atom stereocenters.